The van der Waals surface area contributed by atoms with Crippen LogP contribution in [0.5, 0.6) is 0 Å². The Hall–Kier alpha value is -2.63. The fraction of sp³-hybridized carbons (Fsp3) is 0.414. The summed E-state index contributed by atoms with van der Waals surface area (Å²) in [5.74, 6) is 1.68. The van der Waals surface area contributed by atoms with Crippen LogP contribution in [0.2, 0.25) is 10.0 Å². The van der Waals surface area contributed by atoms with Crippen LogP contribution in [-0.2, 0) is 4.79 Å². The van der Waals surface area contributed by atoms with E-state index < -0.39 is 5.41 Å². The molecule has 2 aliphatic rings. The number of benzene rings is 2. The lowest BCUT2D eigenvalue weighted by Gasteiger charge is -2.51. The van der Waals surface area contributed by atoms with E-state index >= 15 is 0 Å². The molecule has 0 N–H and O–H groups in total. The number of halogens is 2. The van der Waals surface area contributed by atoms with Gasteiger partial charge in [-0.15, -0.1) is 6.58 Å². The van der Waals surface area contributed by atoms with E-state index in [4.69, 9.17) is 32.7 Å². The molecule has 3 aromatic rings. The molecule has 2 fully saturated rings. The Morgan fingerprint density at radius 3 is 2.56 bits per heavy atom. The monoisotopic (exact) mass is 523 g/mol. The van der Waals surface area contributed by atoms with E-state index in [1.165, 1.54) is 0 Å². The van der Waals surface area contributed by atoms with E-state index in [2.05, 4.69) is 24.7 Å². The van der Waals surface area contributed by atoms with Crippen molar-refractivity contribution in [3.8, 4) is 0 Å². The van der Waals surface area contributed by atoms with Gasteiger partial charge in [0.25, 0.3) is 0 Å². The van der Waals surface area contributed by atoms with Crippen molar-refractivity contribution in [2.45, 2.75) is 69.9 Å². The van der Waals surface area contributed by atoms with E-state index in [0.29, 0.717) is 41.1 Å². The summed E-state index contributed by atoms with van der Waals surface area (Å²) >= 11 is 12.7. The van der Waals surface area contributed by atoms with Crippen LogP contribution in [-0.4, -0.2) is 20.9 Å². The molecule has 2 heterocycles. The molecule has 7 heteroatoms. The number of amides is 1. The molecule has 5 nitrogen and oxygen atoms in total. The SMILES string of the molecule is C=CC[C@@]1(C)C[C@H](c2cccc(Cl)c2)[C@@H](c2ccc(Cl)cc2)N(C(CC)c2nc(C3CC3)no2)C1=O. The van der Waals surface area contributed by atoms with Gasteiger partial charge in [-0.25, -0.2) is 0 Å². The number of aromatic nitrogens is 2. The molecule has 4 atom stereocenters. The first-order chi connectivity index (χ1) is 17.3. The largest absolute Gasteiger partial charge is 0.337 e. The maximum atomic E-state index is 14.4. The summed E-state index contributed by atoms with van der Waals surface area (Å²) in [6, 6.07) is 15.1. The van der Waals surface area contributed by atoms with Gasteiger partial charge in [-0.1, -0.05) is 72.5 Å². The van der Waals surface area contributed by atoms with Gasteiger partial charge >= 0.3 is 0 Å². The van der Waals surface area contributed by atoms with E-state index in [-0.39, 0.29) is 23.9 Å². The third-order valence-corrected chi connectivity index (χ3v) is 8.08. The van der Waals surface area contributed by atoms with Crippen LogP contribution < -0.4 is 0 Å². The van der Waals surface area contributed by atoms with Gasteiger partial charge in [0.2, 0.25) is 11.8 Å². The van der Waals surface area contributed by atoms with E-state index in [9.17, 15) is 4.79 Å². The highest BCUT2D eigenvalue weighted by molar-refractivity contribution is 6.30. The average Bonchev–Trinajstić information content (AvgIpc) is 3.60. The molecule has 0 radical (unpaired) electrons. The lowest BCUT2D eigenvalue weighted by atomic mass is 9.67. The Bertz CT molecular complexity index is 1250. The van der Waals surface area contributed by atoms with Crippen molar-refractivity contribution in [1.29, 1.82) is 0 Å². The van der Waals surface area contributed by atoms with Gasteiger partial charge in [-0.05, 0) is 67.5 Å². The number of hydrogen-bond acceptors (Lipinski definition) is 4. The lowest BCUT2D eigenvalue weighted by Crippen LogP contribution is -2.53. The molecule has 1 unspecified atom stereocenters. The summed E-state index contributed by atoms with van der Waals surface area (Å²) in [6.45, 7) is 8.06. The smallest absolute Gasteiger partial charge is 0.249 e. The van der Waals surface area contributed by atoms with Crippen LogP contribution in [0.3, 0.4) is 0 Å². The van der Waals surface area contributed by atoms with Crippen molar-refractivity contribution in [2.75, 3.05) is 0 Å². The minimum atomic E-state index is -0.635. The quantitative estimate of drug-likeness (QED) is 0.280. The normalized spacial score (nSPS) is 25.1. The number of likely N-dealkylation sites (tertiary alicyclic amines) is 1. The molecule has 188 valence electrons. The number of carbonyl (C=O) groups excluding carboxylic acids is 1. The predicted molar refractivity (Wildman–Crippen MR) is 142 cm³/mol. The molecular weight excluding hydrogens is 493 g/mol. The van der Waals surface area contributed by atoms with Crippen LogP contribution in [0.15, 0.2) is 65.7 Å². The van der Waals surface area contributed by atoms with E-state index in [1.807, 2.05) is 60.4 Å². The number of allylic oxidation sites excluding steroid dienone is 1. The van der Waals surface area contributed by atoms with Gasteiger partial charge in [-0.3, -0.25) is 4.79 Å². The van der Waals surface area contributed by atoms with Crippen molar-refractivity contribution in [3.63, 3.8) is 0 Å². The molecule has 2 aromatic carbocycles. The minimum Gasteiger partial charge on any atom is -0.337 e. The van der Waals surface area contributed by atoms with E-state index in [1.54, 1.807) is 0 Å². The topological polar surface area (TPSA) is 59.2 Å². The Kier molecular flexibility index (Phi) is 6.97. The third kappa shape index (κ3) is 4.71. The zero-order valence-electron chi connectivity index (χ0n) is 20.7. The van der Waals surface area contributed by atoms with Crippen LogP contribution in [0.25, 0.3) is 0 Å². The first-order valence-electron chi connectivity index (χ1n) is 12.6. The predicted octanol–water partition coefficient (Wildman–Crippen LogP) is 8.04. The van der Waals surface area contributed by atoms with Gasteiger partial charge in [0, 0.05) is 21.9 Å². The fourth-order valence-corrected chi connectivity index (χ4v) is 5.94. The van der Waals surface area contributed by atoms with Crippen molar-refractivity contribution in [1.82, 2.24) is 15.0 Å². The first kappa shape index (κ1) is 25.0. The first-order valence-corrected chi connectivity index (χ1v) is 13.4. The molecule has 0 bridgehead atoms. The zero-order valence-corrected chi connectivity index (χ0v) is 22.2. The Balaban J connectivity index is 1.68. The highest BCUT2D eigenvalue weighted by Crippen LogP contribution is 2.54. The van der Waals surface area contributed by atoms with Gasteiger partial charge < -0.3 is 9.42 Å². The highest BCUT2D eigenvalue weighted by atomic mass is 35.5. The molecule has 1 amide bonds. The molecule has 1 aliphatic carbocycles. The van der Waals surface area contributed by atoms with Crippen LogP contribution in [0.1, 0.15) is 92.7 Å². The summed E-state index contributed by atoms with van der Waals surface area (Å²) in [6.07, 6.45) is 5.89. The lowest BCUT2D eigenvalue weighted by molar-refractivity contribution is -0.155. The Morgan fingerprint density at radius 1 is 1.17 bits per heavy atom. The summed E-state index contributed by atoms with van der Waals surface area (Å²) < 4.78 is 5.79. The maximum absolute atomic E-state index is 14.4. The molecule has 36 heavy (non-hydrogen) atoms. The van der Waals surface area contributed by atoms with Crippen molar-refractivity contribution in [2.24, 2.45) is 5.41 Å². The Labute approximate surface area is 222 Å². The molecule has 0 spiro atoms. The minimum absolute atomic E-state index is 0.00704. The van der Waals surface area contributed by atoms with Gasteiger partial charge in [0.15, 0.2) is 5.82 Å². The van der Waals surface area contributed by atoms with Gasteiger partial charge in [0.1, 0.15) is 6.04 Å². The second kappa shape index (κ2) is 10.0. The molecular formula is C29H31Cl2N3O2. The molecule has 1 aromatic heterocycles. The zero-order chi connectivity index (χ0) is 25.4. The number of hydrogen-bond donors (Lipinski definition) is 0. The van der Waals surface area contributed by atoms with Crippen molar-refractivity contribution >= 4 is 29.1 Å². The highest BCUT2D eigenvalue weighted by Gasteiger charge is 2.52. The molecule has 5 rings (SSSR count). The van der Waals surface area contributed by atoms with Crippen molar-refractivity contribution in [3.05, 3.63) is 94.1 Å². The summed E-state index contributed by atoms with van der Waals surface area (Å²) in [5, 5.41) is 5.59. The molecule has 1 saturated heterocycles. The van der Waals surface area contributed by atoms with E-state index in [0.717, 1.165) is 29.8 Å². The second-order valence-corrected chi connectivity index (χ2v) is 11.2. The number of carbonyl (C=O) groups is 1. The standard InChI is InChI=1S/C29H31Cl2N3O2/c1-4-15-29(3)17-23(20-7-6-8-22(31)16-20)25(18-11-13-21(30)14-12-18)34(28(29)35)24(5-2)27-32-26(33-36-27)19-9-10-19/h4,6-8,11-14,16,19,23-25H,1,5,9-10,15,17H2,2-3H3/t23-,24?,25-,29+/m1/s1. The Morgan fingerprint density at radius 2 is 1.92 bits per heavy atom. The molecule has 1 aliphatic heterocycles. The summed E-state index contributed by atoms with van der Waals surface area (Å²) in [4.78, 5) is 21.2. The maximum Gasteiger partial charge on any atom is 0.249 e. The van der Waals surface area contributed by atoms with Crippen LogP contribution >= 0.6 is 23.2 Å². The molecule has 1 saturated carbocycles. The van der Waals surface area contributed by atoms with Crippen LogP contribution in [0.4, 0.5) is 0 Å². The fourth-order valence-electron chi connectivity index (χ4n) is 5.61. The summed E-state index contributed by atoms with van der Waals surface area (Å²) in [7, 11) is 0. The van der Waals surface area contributed by atoms with Crippen molar-refractivity contribution < 1.29 is 9.32 Å². The number of rotatable bonds is 8. The third-order valence-electron chi connectivity index (χ3n) is 7.59. The number of piperidine rings is 1. The van der Waals surface area contributed by atoms with Gasteiger partial charge in [-0.2, -0.15) is 4.98 Å². The average molecular weight is 524 g/mol. The number of nitrogens with zero attached hydrogens (tertiary/aromatic N) is 3. The van der Waals surface area contributed by atoms with Crippen LogP contribution in [0, 0.1) is 5.41 Å². The second-order valence-electron chi connectivity index (χ2n) is 10.3. The summed E-state index contributed by atoms with van der Waals surface area (Å²) in [5.41, 5.74) is 1.47. The van der Waals surface area contributed by atoms with Gasteiger partial charge in [0.05, 0.1) is 11.5 Å².